The molecule has 1 heterocycles. The van der Waals surface area contributed by atoms with Crippen LogP contribution in [-0.4, -0.2) is 32.8 Å². The van der Waals surface area contributed by atoms with E-state index >= 15 is 0 Å². The van der Waals surface area contributed by atoms with Gasteiger partial charge in [-0.1, -0.05) is 11.8 Å². The molecule has 1 unspecified atom stereocenters. The number of hydrogen-bond donors (Lipinski definition) is 2. The molecule has 3 rings (SSSR count). The fourth-order valence-electron chi connectivity index (χ4n) is 2.46. The molecular weight excluding hydrogens is 260 g/mol. The van der Waals surface area contributed by atoms with Crippen molar-refractivity contribution in [1.29, 1.82) is 0 Å². The summed E-state index contributed by atoms with van der Waals surface area (Å²) in [5.74, 6) is 0.871. The van der Waals surface area contributed by atoms with Gasteiger partial charge in [0.2, 0.25) is 5.91 Å². The van der Waals surface area contributed by atoms with E-state index in [0.29, 0.717) is 17.7 Å². The highest BCUT2D eigenvalue weighted by molar-refractivity contribution is 7.99. The van der Waals surface area contributed by atoms with E-state index in [1.165, 1.54) is 0 Å². The Hall–Kier alpha value is -1.01. The molecule has 2 aliphatic carbocycles. The van der Waals surface area contributed by atoms with Gasteiger partial charge in [-0.25, -0.2) is 4.98 Å². The summed E-state index contributed by atoms with van der Waals surface area (Å²) in [5.41, 5.74) is 5.18. The first-order valence-corrected chi connectivity index (χ1v) is 7.78. The molecule has 19 heavy (non-hydrogen) atoms. The molecule has 1 aromatic rings. The zero-order chi connectivity index (χ0) is 13.5. The van der Waals surface area contributed by atoms with Crippen molar-refractivity contribution < 1.29 is 4.79 Å². The lowest BCUT2D eigenvalue weighted by molar-refractivity contribution is -0.124. The fraction of sp³-hybridized carbons (Fsp3) is 0.692. The Morgan fingerprint density at radius 2 is 2.32 bits per heavy atom. The van der Waals surface area contributed by atoms with Gasteiger partial charge in [0, 0.05) is 31.2 Å². The second-order valence-electron chi connectivity index (χ2n) is 5.64. The van der Waals surface area contributed by atoms with Crippen LogP contribution in [0.3, 0.4) is 0 Å². The zero-order valence-corrected chi connectivity index (χ0v) is 11.9. The van der Waals surface area contributed by atoms with Gasteiger partial charge >= 0.3 is 0 Å². The number of aryl methyl sites for hydroxylation is 1. The molecule has 0 bridgehead atoms. The van der Waals surface area contributed by atoms with E-state index in [9.17, 15) is 4.79 Å². The van der Waals surface area contributed by atoms with Crippen molar-refractivity contribution in [2.24, 2.45) is 18.7 Å². The van der Waals surface area contributed by atoms with E-state index < -0.39 is 5.54 Å². The molecule has 1 aromatic heterocycles. The van der Waals surface area contributed by atoms with E-state index in [0.717, 1.165) is 30.8 Å². The number of primary amides is 1. The van der Waals surface area contributed by atoms with Crippen molar-refractivity contribution in [3.63, 3.8) is 0 Å². The summed E-state index contributed by atoms with van der Waals surface area (Å²) in [6.45, 7) is 0. The number of rotatable bonds is 7. The lowest BCUT2D eigenvalue weighted by Crippen LogP contribution is -2.60. The van der Waals surface area contributed by atoms with Crippen LogP contribution in [0.4, 0.5) is 0 Å². The van der Waals surface area contributed by atoms with Crippen molar-refractivity contribution in [2.45, 2.75) is 42.4 Å². The van der Waals surface area contributed by atoms with Crippen LogP contribution in [0.5, 0.6) is 0 Å². The number of imidazole rings is 1. The Balaban J connectivity index is 1.74. The number of nitrogens with one attached hydrogen (secondary N) is 1. The fourth-order valence-corrected chi connectivity index (χ4v) is 3.68. The molecule has 5 nitrogen and oxygen atoms in total. The highest BCUT2D eigenvalue weighted by Gasteiger charge is 2.51. The topological polar surface area (TPSA) is 72.9 Å². The maximum absolute atomic E-state index is 12.0. The van der Waals surface area contributed by atoms with Gasteiger partial charge in [0.25, 0.3) is 0 Å². The van der Waals surface area contributed by atoms with Crippen LogP contribution in [-0.2, 0) is 11.8 Å². The molecule has 2 fully saturated rings. The molecular formula is C13H20N4OS. The third-order valence-corrected chi connectivity index (χ3v) is 5.21. The summed E-state index contributed by atoms with van der Waals surface area (Å²) in [7, 11) is 1.97. The molecule has 0 spiro atoms. The minimum atomic E-state index is -0.544. The van der Waals surface area contributed by atoms with Crippen molar-refractivity contribution in [3.05, 3.63) is 12.4 Å². The lowest BCUT2D eigenvalue weighted by atomic mass is 9.94. The maximum Gasteiger partial charge on any atom is 0.238 e. The molecule has 0 aromatic carbocycles. The standard InChI is InChI=1S/C13H20N4OS/c1-17-7-6-15-12(17)19-8-13(11(14)18,9-2-3-9)16-10-4-5-10/h6-7,9-10,16H,2-5,8H2,1H3,(H2,14,18). The van der Waals surface area contributed by atoms with Crippen molar-refractivity contribution >= 4 is 17.7 Å². The summed E-state index contributed by atoms with van der Waals surface area (Å²) >= 11 is 1.62. The highest BCUT2D eigenvalue weighted by Crippen LogP contribution is 2.43. The molecule has 2 saturated carbocycles. The largest absolute Gasteiger partial charge is 0.368 e. The van der Waals surface area contributed by atoms with Gasteiger partial charge in [-0.05, 0) is 31.6 Å². The molecule has 1 atom stereocenters. The number of nitrogens with zero attached hydrogens (tertiary/aromatic N) is 2. The number of thioether (sulfide) groups is 1. The van der Waals surface area contributed by atoms with Crippen LogP contribution < -0.4 is 11.1 Å². The predicted octanol–water partition coefficient (Wildman–Crippen LogP) is 0.898. The van der Waals surface area contributed by atoms with Crippen molar-refractivity contribution in [1.82, 2.24) is 14.9 Å². The number of carbonyl (C=O) groups is 1. The number of aromatic nitrogens is 2. The van der Waals surface area contributed by atoms with Gasteiger partial charge in [0.05, 0.1) is 0 Å². The third-order valence-electron chi connectivity index (χ3n) is 3.96. The summed E-state index contributed by atoms with van der Waals surface area (Å²) in [4.78, 5) is 16.3. The SMILES string of the molecule is Cn1ccnc1SCC(NC1CC1)(C(N)=O)C1CC1. The maximum atomic E-state index is 12.0. The predicted molar refractivity (Wildman–Crippen MR) is 74.7 cm³/mol. The Morgan fingerprint density at radius 3 is 2.79 bits per heavy atom. The Morgan fingerprint density at radius 1 is 1.58 bits per heavy atom. The molecule has 0 aliphatic heterocycles. The average Bonchev–Trinajstić information content (AvgIpc) is 3.25. The van der Waals surface area contributed by atoms with E-state index in [1.54, 1.807) is 18.0 Å². The number of nitrogens with two attached hydrogens (primary N) is 1. The van der Waals surface area contributed by atoms with Gasteiger partial charge in [0.1, 0.15) is 5.54 Å². The van der Waals surface area contributed by atoms with Crippen LogP contribution in [0, 0.1) is 5.92 Å². The number of amides is 1. The van der Waals surface area contributed by atoms with E-state index in [1.807, 2.05) is 17.8 Å². The van der Waals surface area contributed by atoms with Gasteiger partial charge in [-0.3, -0.25) is 10.1 Å². The molecule has 0 saturated heterocycles. The summed E-state index contributed by atoms with van der Waals surface area (Å²) < 4.78 is 1.97. The van der Waals surface area contributed by atoms with Crippen LogP contribution in [0.1, 0.15) is 25.7 Å². The Bertz CT molecular complexity index is 481. The van der Waals surface area contributed by atoms with E-state index in [2.05, 4.69) is 10.3 Å². The Kier molecular flexibility index (Phi) is 3.30. The number of hydrogen-bond acceptors (Lipinski definition) is 4. The second-order valence-corrected chi connectivity index (χ2v) is 6.58. The highest BCUT2D eigenvalue weighted by atomic mass is 32.2. The molecule has 6 heteroatoms. The average molecular weight is 280 g/mol. The molecule has 1 amide bonds. The molecule has 104 valence electrons. The minimum absolute atomic E-state index is 0.205. The molecule has 2 aliphatic rings. The van der Waals surface area contributed by atoms with Gasteiger partial charge < -0.3 is 10.3 Å². The van der Waals surface area contributed by atoms with Crippen LogP contribution in [0.2, 0.25) is 0 Å². The lowest BCUT2D eigenvalue weighted by Gasteiger charge is -2.31. The van der Waals surface area contributed by atoms with Crippen molar-refractivity contribution in [3.8, 4) is 0 Å². The van der Waals surface area contributed by atoms with Crippen LogP contribution >= 0.6 is 11.8 Å². The van der Waals surface area contributed by atoms with Gasteiger partial charge in [-0.15, -0.1) is 0 Å². The minimum Gasteiger partial charge on any atom is -0.368 e. The van der Waals surface area contributed by atoms with Gasteiger partial charge in [-0.2, -0.15) is 0 Å². The van der Waals surface area contributed by atoms with Crippen LogP contribution in [0.25, 0.3) is 0 Å². The van der Waals surface area contributed by atoms with E-state index in [4.69, 9.17) is 5.73 Å². The normalized spacial score (nSPS) is 22.2. The zero-order valence-electron chi connectivity index (χ0n) is 11.1. The smallest absolute Gasteiger partial charge is 0.238 e. The summed E-state index contributed by atoms with van der Waals surface area (Å²) in [6, 6.07) is 0.482. The summed E-state index contributed by atoms with van der Waals surface area (Å²) in [6.07, 6.45) is 8.22. The molecule has 3 N–H and O–H groups in total. The monoisotopic (exact) mass is 280 g/mol. The third kappa shape index (κ3) is 2.65. The number of carbonyl (C=O) groups excluding carboxylic acids is 1. The first-order valence-electron chi connectivity index (χ1n) is 6.79. The van der Waals surface area contributed by atoms with E-state index in [-0.39, 0.29) is 5.91 Å². The van der Waals surface area contributed by atoms with Crippen molar-refractivity contribution in [2.75, 3.05) is 5.75 Å². The molecule has 0 radical (unpaired) electrons. The van der Waals surface area contributed by atoms with Gasteiger partial charge in [0.15, 0.2) is 5.16 Å². The first kappa shape index (κ1) is 13.0. The summed E-state index contributed by atoms with van der Waals surface area (Å²) in [5, 5.41) is 4.45. The quantitative estimate of drug-likeness (QED) is 0.728. The Labute approximate surface area is 117 Å². The second kappa shape index (κ2) is 4.83. The van der Waals surface area contributed by atoms with Crippen LogP contribution in [0.15, 0.2) is 17.6 Å². The first-order chi connectivity index (χ1) is 9.12.